The lowest BCUT2D eigenvalue weighted by Crippen LogP contribution is -2.62. The number of hydrogen-bond acceptors (Lipinski definition) is 5. The Morgan fingerprint density at radius 2 is 1.56 bits per heavy atom. The zero-order chi connectivity index (χ0) is 23.7. The Hall–Kier alpha value is -3.49. The van der Waals surface area contributed by atoms with Gasteiger partial charge in [0.25, 0.3) is 11.3 Å². The van der Waals surface area contributed by atoms with E-state index in [1.54, 1.807) is 24.3 Å². The summed E-state index contributed by atoms with van der Waals surface area (Å²) >= 11 is -2.29. The van der Waals surface area contributed by atoms with Crippen LogP contribution in [0, 0.1) is 0 Å². The van der Waals surface area contributed by atoms with E-state index < -0.39 is 28.9 Å². The van der Waals surface area contributed by atoms with Crippen molar-refractivity contribution in [1.82, 2.24) is 4.31 Å². The minimum absolute atomic E-state index is 0.00678. The lowest BCUT2D eigenvalue weighted by molar-refractivity contribution is -0.149. The molecule has 2 atom stereocenters. The van der Waals surface area contributed by atoms with Crippen molar-refractivity contribution < 1.29 is 27.8 Å². The number of ether oxygens (including phenoxy) is 1. The number of benzene rings is 3. The molecule has 1 aliphatic heterocycles. The molecule has 174 valence electrons. The molecule has 7 nitrogen and oxygen atoms in total. The molecule has 1 N–H and O–H groups in total. The summed E-state index contributed by atoms with van der Waals surface area (Å²) in [7, 11) is 0. The summed E-state index contributed by atoms with van der Waals surface area (Å²) in [4.78, 5) is 25.8. The standard InChI is InChI=1S/C26H23NO6S/c28-24(29)26(16-18-8-2-1-3-9-18)14-15-33-34(31)27(26)25(30)32-17-23-21-12-6-4-10-19(21)20-11-5-7-13-22(20)23/h1-13,23H,14-17H2,(H,28,29)/t26-,34-/m1/s1. The summed E-state index contributed by atoms with van der Waals surface area (Å²) in [5.74, 6) is -1.45. The SMILES string of the molecule is O=C(OCC1c2ccccc2-c2ccccc21)N1[S@](=O)OCC[C@@]1(Cc1ccccc1)C(=O)O. The molecule has 0 spiro atoms. The number of carboxylic acid groups (broad SMARTS) is 1. The molecule has 5 rings (SSSR count). The van der Waals surface area contributed by atoms with Crippen molar-refractivity contribution in [1.29, 1.82) is 0 Å². The zero-order valence-corrected chi connectivity index (χ0v) is 19.1. The van der Waals surface area contributed by atoms with Gasteiger partial charge >= 0.3 is 12.1 Å². The fourth-order valence-electron chi connectivity index (χ4n) is 4.83. The summed E-state index contributed by atoms with van der Waals surface area (Å²) in [6.07, 6.45) is -0.992. The Kier molecular flexibility index (Phi) is 5.93. The molecular weight excluding hydrogens is 454 g/mol. The second kappa shape index (κ2) is 9.04. The predicted octanol–water partition coefficient (Wildman–Crippen LogP) is 4.30. The first-order valence-electron chi connectivity index (χ1n) is 11.0. The van der Waals surface area contributed by atoms with Gasteiger partial charge in [0.15, 0.2) is 5.54 Å². The highest BCUT2D eigenvalue weighted by atomic mass is 32.2. The van der Waals surface area contributed by atoms with Crippen LogP contribution in [0.2, 0.25) is 0 Å². The molecule has 0 saturated carbocycles. The van der Waals surface area contributed by atoms with Gasteiger partial charge < -0.3 is 9.84 Å². The first kappa shape index (κ1) is 22.3. The molecule has 3 aromatic rings. The van der Waals surface area contributed by atoms with Crippen LogP contribution in [-0.2, 0) is 31.4 Å². The molecule has 1 amide bonds. The van der Waals surface area contributed by atoms with Crippen molar-refractivity contribution >= 4 is 23.3 Å². The molecule has 1 heterocycles. The average Bonchev–Trinajstić information content (AvgIpc) is 3.17. The highest BCUT2D eigenvalue weighted by Crippen LogP contribution is 2.44. The second-order valence-electron chi connectivity index (χ2n) is 8.39. The third kappa shape index (κ3) is 3.78. The Morgan fingerprint density at radius 1 is 0.971 bits per heavy atom. The number of nitrogens with zero attached hydrogens (tertiary/aromatic N) is 1. The summed E-state index contributed by atoms with van der Waals surface area (Å²) in [6, 6.07) is 24.8. The molecule has 0 aromatic heterocycles. The van der Waals surface area contributed by atoms with Gasteiger partial charge in [-0.2, -0.15) is 4.31 Å². The molecule has 1 aliphatic carbocycles. The molecule has 8 heteroatoms. The van der Waals surface area contributed by atoms with Crippen LogP contribution in [0.1, 0.15) is 29.0 Å². The maximum Gasteiger partial charge on any atom is 0.424 e. The van der Waals surface area contributed by atoms with E-state index in [-0.39, 0.29) is 32.0 Å². The highest BCUT2D eigenvalue weighted by Gasteiger charge is 2.54. The van der Waals surface area contributed by atoms with Crippen LogP contribution in [-0.4, -0.2) is 44.4 Å². The highest BCUT2D eigenvalue weighted by molar-refractivity contribution is 7.78. The van der Waals surface area contributed by atoms with E-state index in [0.717, 1.165) is 26.6 Å². The lowest BCUT2D eigenvalue weighted by Gasteiger charge is -2.41. The maximum atomic E-state index is 13.3. The van der Waals surface area contributed by atoms with Crippen molar-refractivity contribution in [3.8, 4) is 11.1 Å². The van der Waals surface area contributed by atoms with Gasteiger partial charge in [-0.3, -0.25) is 4.18 Å². The molecule has 0 radical (unpaired) electrons. The van der Waals surface area contributed by atoms with Gasteiger partial charge in [0.2, 0.25) is 0 Å². The van der Waals surface area contributed by atoms with E-state index in [4.69, 9.17) is 8.92 Å². The molecule has 3 aromatic carbocycles. The van der Waals surface area contributed by atoms with Gasteiger partial charge in [-0.05, 0) is 27.8 Å². The summed E-state index contributed by atoms with van der Waals surface area (Å²) < 4.78 is 24.4. The Morgan fingerprint density at radius 3 is 2.18 bits per heavy atom. The van der Waals surface area contributed by atoms with Gasteiger partial charge in [-0.25, -0.2) is 13.8 Å². The molecule has 0 bridgehead atoms. The molecule has 0 unspecified atom stereocenters. The number of amides is 1. The Balaban J connectivity index is 1.43. The quantitative estimate of drug-likeness (QED) is 0.589. The van der Waals surface area contributed by atoms with E-state index in [9.17, 15) is 18.9 Å². The lowest BCUT2D eigenvalue weighted by atomic mass is 9.87. The number of fused-ring (bicyclic) bond motifs is 3. The number of carbonyl (C=O) groups is 2. The van der Waals surface area contributed by atoms with Crippen molar-refractivity contribution in [3.63, 3.8) is 0 Å². The molecule has 1 fully saturated rings. The third-order valence-corrected chi connectivity index (χ3v) is 7.64. The largest absolute Gasteiger partial charge is 0.479 e. The van der Waals surface area contributed by atoms with Crippen molar-refractivity contribution in [2.45, 2.75) is 24.3 Å². The van der Waals surface area contributed by atoms with Crippen molar-refractivity contribution in [2.24, 2.45) is 0 Å². The van der Waals surface area contributed by atoms with Crippen LogP contribution in [0.4, 0.5) is 4.79 Å². The summed E-state index contributed by atoms with van der Waals surface area (Å²) in [6.45, 7) is -0.0551. The number of rotatable bonds is 5. The predicted molar refractivity (Wildman–Crippen MR) is 126 cm³/mol. The maximum absolute atomic E-state index is 13.3. The summed E-state index contributed by atoms with van der Waals surface area (Å²) in [5, 5.41) is 10.2. The fourth-order valence-corrected chi connectivity index (χ4v) is 5.86. The van der Waals surface area contributed by atoms with E-state index in [0.29, 0.717) is 5.56 Å². The third-order valence-electron chi connectivity index (χ3n) is 6.48. The van der Waals surface area contributed by atoms with E-state index >= 15 is 0 Å². The van der Waals surface area contributed by atoms with Gasteiger partial charge in [0, 0.05) is 18.8 Å². The zero-order valence-electron chi connectivity index (χ0n) is 18.3. The first-order valence-corrected chi connectivity index (χ1v) is 12.0. The topological polar surface area (TPSA) is 93.1 Å². The van der Waals surface area contributed by atoms with Gasteiger partial charge in [-0.15, -0.1) is 0 Å². The van der Waals surface area contributed by atoms with E-state index in [1.165, 1.54) is 0 Å². The van der Waals surface area contributed by atoms with Crippen LogP contribution < -0.4 is 0 Å². The second-order valence-corrected chi connectivity index (χ2v) is 9.42. The van der Waals surface area contributed by atoms with Crippen molar-refractivity contribution in [3.05, 3.63) is 95.6 Å². The van der Waals surface area contributed by atoms with E-state index in [2.05, 4.69) is 0 Å². The Bertz CT molecular complexity index is 1220. The minimum atomic E-state index is -2.29. The fraction of sp³-hybridized carbons (Fsp3) is 0.231. The number of carbonyl (C=O) groups excluding carboxylic acids is 1. The molecule has 2 aliphatic rings. The van der Waals surface area contributed by atoms with E-state index in [1.807, 2.05) is 54.6 Å². The Labute approximate surface area is 199 Å². The first-order chi connectivity index (χ1) is 16.5. The van der Waals surface area contributed by atoms with Crippen molar-refractivity contribution in [2.75, 3.05) is 13.2 Å². The summed E-state index contributed by atoms with van der Waals surface area (Å²) in [5.41, 5.74) is 3.18. The number of aliphatic carboxylic acids is 1. The number of carboxylic acids is 1. The monoisotopic (exact) mass is 477 g/mol. The minimum Gasteiger partial charge on any atom is -0.479 e. The van der Waals surface area contributed by atoms with Crippen LogP contribution in [0.3, 0.4) is 0 Å². The van der Waals surface area contributed by atoms with Crippen LogP contribution in [0.5, 0.6) is 0 Å². The van der Waals surface area contributed by atoms with Gasteiger partial charge in [0.05, 0.1) is 6.61 Å². The molecular formula is C26H23NO6S. The van der Waals surface area contributed by atoms with Crippen LogP contribution >= 0.6 is 0 Å². The van der Waals surface area contributed by atoms with Gasteiger partial charge in [-0.1, -0.05) is 78.9 Å². The number of hydrogen-bond donors (Lipinski definition) is 1. The molecule has 34 heavy (non-hydrogen) atoms. The van der Waals surface area contributed by atoms with Crippen LogP contribution in [0.25, 0.3) is 11.1 Å². The average molecular weight is 478 g/mol. The smallest absolute Gasteiger partial charge is 0.424 e. The molecule has 1 saturated heterocycles. The van der Waals surface area contributed by atoms with Crippen LogP contribution in [0.15, 0.2) is 78.9 Å². The van der Waals surface area contributed by atoms with Gasteiger partial charge in [0.1, 0.15) is 6.61 Å². The normalized spacial score (nSPS) is 21.5.